The van der Waals surface area contributed by atoms with Crippen LogP contribution in [-0.4, -0.2) is 43.3 Å². The molecule has 0 saturated carbocycles. The Morgan fingerprint density at radius 2 is 1.74 bits per heavy atom. The van der Waals surface area contributed by atoms with Crippen LogP contribution in [0.4, 0.5) is 0 Å². The van der Waals surface area contributed by atoms with Crippen molar-refractivity contribution in [3.63, 3.8) is 0 Å². The molecule has 0 bridgehead atoms. The molecule has 1 N–H and O–H groups in total. The van der Waals surface area contributed by atoms with E-state index >= 15 is 0 Å². The average Bonchev–Trinajstić information content (AvgIpc) is 3.41. The van der Waals surface area contributed by atoms with Crippen molar-refractivity contribution in [1.82, 2.24) is 10.2 Å². The van der Waals surface area contributed by atoms with Crippen molar-refractivity contribution in [2.24, 2.45) is 0 Å². The predicted octanol–water partition coefficient (Wildman–Crippen LogP) is 4.37. The molecule has 0 spiro atoms. The first-order chi connectivity index (χ1) is 18.6. The van der Waals surface area contributed by atoms with Crippen molar-refractivity contribution < 1.29 is 28.5 Å². The van der Waals surface area contributed by atoms with E-state index in [1.807, 2.05) is 73.3 Å². The van der Waals surface area contributed by atoms with E-state index in [-0.39, 0.29) is 18.6 Å². The number of benzene rings is 3. The minimum Gasteiger partial charge on any atom is -0.490 e. The standard InChI is InChI=1S/C30H30N2O6/c1-3-35-25-14-19-11-12-32-28(22(19)15-26(25)36-4-2)27(20-7-5-6-8-21(20)30(32)34)29(33)31-16-18-9-10-23-24(13-18)38-17-37-23/h5-10,13-15,27-28H,3-4,11-12,16-17H2,1-2H3,(H,31,33). The van der Waals surface area contributed by atoms with E-state index < -0.39 is 12.0 Å². The molecule has 196 valence electrons. The van der Waals surface area contributed by atoms with Gasteiger partial charge in [-0.05, 0) is 72.9 Å². The summed E-state index contributed by atoms with van der Waals surface area (Å²) in [6.45, 7) is 5.91. The Labute approximate surface area is 221 Å². The van der Waals surface area contributed by atoms with Crippen molar-refractivity contribution in [1.29, 1.82) is 0 Å². The first kappa shape index (κ1) is 24.2. The van der Waals surface area contributed by atoms with Crippen LogP contribution in [0.1, 0.15) is 58.4 Å². The lowest BCUT2D eigenvalue weighted by molar-refractivity contribution is -0.124. The summed E-state index contributed by atoms with van der Waals surface area (Å²) in [4.78, 5) is 29.4. The van der Waals surface area contributed by atoms with Gasteiger partial charge in [-0.25, -0.2) is 0 Å². The van der Waals surface area contributed by atoms with Gasteiger partial charge in [0.15, 0.2) is 23.0 Å². The zero-order valence-corrected chi connectivity index (χ0v) is 21.5. The first-order valence-electron chi connectivity index (χ1n) is 13.1. The molecule has 2 atom stereocenters. The van der Waals surface area contributed by atoms with Crippen molar-refractivity contribution in [3.05, 3.63) is 82.4 Å². The number of hydrogen-bond donors (Lipinski definition) is 1. The van der Waals surface area contributed by atoms with Crippen molar-refractivity contribution in [2.45, 2.75) is 38.8 Å². The van der Waals surface area contributed by atoms with Gasteiger partial charge in [-0.15, -0.1) is 0 Å². The summed E-state index contributed by atoms with van der Waals surface area (Å²) in [5.74, 6) is 1.91. The number of carbonyl (C=O) groups is 2. The van der Waals surface area contributed by atoms with Crippen LogP contribution in [0.2, 0.25) is 0 Å². The van der Waals surface area contributed by atoms with Crippen LogP contribution < -0.4 is 24.3 Å². The summed E-state index contributed by atoms with van der Waals surface area (Å²) in [7, 11) is 0. The molecule has 0 aromatic heterocycles. The number of rotatable bonds is 7. The Morgan fingerprint density at radius 1 is 0.974 bits per heavy atom. The van der Waals surface area contributed by atoms with Crippen LogP contribution in [0, 0.1) is 0 Å². The summed E-state index contributed by atoms with van der Waals surface area (Å²) in [5, 5.41) is 3.12. The molecule has 8 nitrogen and oxygen atoms in total. The zero-order chi connectivity index (χ0) is 26.2. The third kappa shape index (κ3) is 4.10. The largest absolute Gasteiger partial charge is 0.490 e. The van der Waals surface area contributed by atoms with Crippen LogP contribution in [0.5, 0.6) is 23.0 Å². The topological polar surface area (TPSA) is 86.3 Å². The molecular weight excluding hydrogens is 484 g/mol. The Hall–Kier alpha value is -4.20. The van der Waals surface area contributed by atoms with Gasteiger partial charge in [0.1, 0.15) is 0 Å². The van der Waals surface area contributed by atoms with Gasteiger partial charge in [-0.1, -0.05) is 24.3 Å². The number of fused-ring (bicyclic) bond motifs is 5. The Kier molecular flexibility index (Phi) is 6.31. The highest BCUT2D eigenvalue weighted by Gasteiger charge is 2.46. The van der Waals surface area contributed by atoms with Gasteiger partial charge in [-0.2, -0.15) is 0 Å². The van der Waals surface area contributed by atoms with E-state index in [0.29, 0.717) is 61.3 Å². The van der Waals surface area contributed by atoms with Crippen LogP contribution in [0.3, 0.4) is 0 Å². The number of nitrogens with zero attached hydrogens (tertiary/aromatic N) is 1. The van der Waals surface area contributed by atoms with Crippen LogP contribution in [0.15, 0.2) is 54.6 Å². The number of hydrogen-bond acceptors (Lipinski definition) is 6. The molecular formula is C30H30N2O6. The van der Waals surface area contributed by atoms with E-state index in [1.165, 1.54) is 0 Å². The summed E-state index contributed by atoms with van der Waals surface area (Å²) in [6.07, 6.45) is 0.678. The highest BCUT2D eigenvalue weighted by Crippen LogP contribution is 2.48. The maximum Gasteiger partial charge on any atom is 0.254 e. The number of amides is 2. The van der Waals surface area contributed by atoms with Gasteiger partial charge < -0.3 is 29.2 Å². The lowest BCUT2D eigenvalue weighted by Gasteiger charge is -2.45. The third-order valence-corrected chi connectivity index (χ3v) is 7.37. The molecule has 3 aliphatic rings. The molecule has 0 aliphatic carbocycles. The van der Waals surface area contributed by atoms with E-state index in [2.05, 4.69) is 5.32 Å². The second-order valence-corrected chi connectivity index (χ2v) is 9.53. The maximum absolute atomic E-state index is 14.0. The van der Waals surface area contributed by atoms with Crippen LogP contribution in [0.25, 0.3) is 0 Å². The number of nitrogens with one attached hydrogen (secondary N) is 1. The summed E-state index contributed by atoms with van der Waals surface area (Å²) in [5.41, 5.74) is 4.21. The van der Waals surface area contributed by atoms with Crippen LogP contribution in [-0.2, 0) is 17.8 Å². The second kappa shape index (κ2) is 9.93. The fourth-order valence-corrected chi connectivity index (χ4v) is 5.70. The fourth-order valence-electron chi connectivity index (χ4n) is 5.70. The summed E-state index contributed by atoms with van der Waals surface area (Å²) >= 11 is 0. The molecule has 0 fully saturated rings. The van der Waals surface area contributed by atoms with Gasteiger partial charge in [0.25, 0.3) is 5.91 Å². The highest BCUT2D eigenvalue weighted by molar-refractivity contribution is 6.01. The molecule has 2 amide bonds. The average molecular weight is 515 g/mol. The maximum atomic E-state index is 14.0. The quantitative estimate of drug-likeness (QED) is 0.504. The lowest BCUT2D eigenvalue weighted by atomic mass is 9.75. The highest BCUT2D eigenvalue weighted by atomic mass is 16.7. The van der Waals surface area contributed by atoms with E-state index in [9.17, 15) is 9.59 Å². The van der Waals surface area contributed by atoms with E-state index in [0.717, 1.165) is 22.3 Å². The van der Waals surface area contributed by atoms with Gasteiger partial charge >= 0.3 is 0 Å². The van der Waals surface area contributed by atoms with Gasteiger partial charge in [0.2, 0.25) is 12.7 Å². The van der Waals surface area contributed by atoms with Crippen LogP contribution >= 0.6 is 0 Å². The minimum absolute atomic E-state index is 0.0529. The Morgan fingerprint density at radius 3 is 2.55 bits per heavy atom. The van der Waals surface area contributed by atoms with Crippen molar-refractivity contribution >= 4 is 11.8 Å². The molecule has 6 rings (SSSR count). The van der Waals surface area contributed by atoms with E-state index in [1.54, 1.807) is 0 Å². The van der Waals surface area contributed by atoms with Gasteiger partial charge in [0.05, 0.1) is 25.2 Å². The smallest absolute Gasteiger partial charge is 0.254 e. The number of ether oxygens (including phenoxy) is 4. The number of carbonyl (C=O) groups excluding carboxylic acids is 2. The van der Waals surface area contributed by atoms with Gasteiger partial charge in [-0.3, -0.25) is 9.59 Å². The van der Waals surface area contributed by atoms with E-state index in [4.69, 9.17) is 18.9 Å². The van der Waals surface area contributed by atoms with Crippen molar-refractivity contribution in [3.8, 4) is 23.0 Å². The zero-order valence-electron chi connectivity index (χ0n) is 21.5. The molecule has 3 heterocycles. The Bertz CT molecular complexity index is 1400. The van der Waals surface area contributed by atoms with Crippen molar-refractivity contribution in [2.75, 3.05) is 26.6 Å². The SMILES string of the molecule is CCOc1cc2c(cc1OCC)C1C(C(=O)NCc3ccc4c(c3)OCO4)c3ccccc3C(=O)N1CC2. The normalized spacial score (nSPS) is 18.8. The fraction of sp³-hybridized carbons (Fsp3) is 0.333. The monoisotopic (exact) mass is 514 g/mol. The molecule has 38 heavy (non-hydrogen) atoms. The predicted molar refractivity (Wildman–Crippen MR) is 140 cm³/mol. The molecule has 3 aliphatic heterocycles. The lowest BCUT2D eigenvalue weighted by Crippen LogP contribution is -2.50. The molecule has 8 heteroatoms. The molecule has 3 aromatic rings. The summed E-state index contributed by atoms with van der Waals surface area (Å²) < 4.78 is 22.7. The summed E-state index contributed by atoms with van der Waals surface area (Å²) in [6, 6.07) is 16.6. The second-order valence-electron chi connectivity index (χ2n) is 9.53. The molecule has 0 radical (unpaired) electrons. The first-order valence-corrected chi connectivity index (χ1v) is 13.1. The minimum atomic E-state index is -0.579. The third-order valence-electron chi connectivity index (χ3n) is 7.37. The molecule has 3 aromatic carbocycles. The molecule has 0 saturated heterocycles. The molecule has 2 unspecified atom stereocenters. The Balaban J connectivity index is 1.38. The van der Waals surface area contributed by atoms with Gasteiger partial charge in [0, 0.05) is 18.7 Å².